The van der Waals surface area contributed by atoms with E-state index in [0.29, 0.717) is 44.0 Å². The van der Waals surface area contributed by atoms with Crippen LogP contribution in [0, 0.1) is 17.8 Å². The van der Waals surface area contributed by atoms with E-state index >= 15 is 0 Å². The van der Waals surface area contributed by atoms with E-state index in [2.05, 4.69) is 30.5 Å². The number of oxime groups is 1. The summed E-state index contributed by atoms with van der Waals surface area (Å²) in [5.41, 5.74) is 2.74. The van der Waals surface area contributed by atoms with Gasteiger partial charge in [0.1, 0.15) is 30.8 Å². The van der Waals surface area contributed by atoms with Gasteiger partial charge in [0.15, 0.2) is 0 Å². The van der Waals surface area contributed by atoms with Gasteiger partial charge in [0.25, 0.3) is 0 Å². The van der Waals surface area contributed by atoms with Gasteiger partial charge in [-0.15, -0.1) is 6.58 Å². The van der Waals surface area contributed by atoms with Crippen LogP contribution in [0.5, 0.6) is 11.5 Å². The van der Waals surface area contributed by atoms with Crippen LogP contribution in [0.4, 0.5) is 4.79 Å². The predicted molar refractivity (Wildman–Crippen MR) is 172 cm³/mol. The average Bonchev–Trinajstić information content (AvgIpc) is 3.06. The molecule has 0 saturated heterocycles. The molecule has 4 rings (SSSR count). The highest BCUT2D eigenvalue weighted by molar-refractivity contribution is 6.02. The first-order chi connectivity index (χ1) is 21.9. The summed E-state index contributed by atoms with van der Waals surface area (Å²) < 4.78 is 24.9. The molecule has 45 heavy (non-hydrogen) atoms. The van der Waals surface area contributed by atoms with Crippen molar-refractivity contribution in [3.05, 3.63) is 60.7 Å². The molecule has 10 heteroatoms. The molecule has 0 spiro atoms. The average molecular weight is 627 g/mol. The van der Waals surface area contributed by atoms with Crippen LogP contribution in [0.15, 0.2) is 60.3 Å². The van der Waals surface area contributed by atoms with Crippen LogP contribution >= 0.6 is 0 Å². The maximum absolute atomic E-state index is 13.1. The van der Waals surface area contributed by atoms with E-state index in [-0.39, 0.29) is 43.5 Å². The Balaban J connectivity index is 2.01. The molecule has 10 nitrogen and oxygen atoms in total. The molecule has 0 aromatic heterocycles. The van der Waals surface area contributed by atoms with E-state index in [1.54, 1.807) is 24.1 Å². The summed E-state index contributed by atoms with van der Waals surface area (Å²) >= 11 is 0. The van der Waals surface area contributed by atoms with Crippen molar-refractivity contribution >= 4 is 11.8 Å². The number of unbranched alkanes of at least 4 members (excludes halogenated alkanes) is 2. The Hall–Kier alpha value is -3.34. The Kier molecular flexibility index (Phi) is 12.5. The molecular formula is C35H50N2O8. The van der Waals surface area contributed by atoms with Gasteiger partial charge >= 0.3 is 6.09 Å². The summed E-state index contributed by atoms with van der Waals surface area (Å²) in [7, 11) is 3.06. The second-order valence-electron chi connectivity index (χ2n) is 11.9. The fraction of sp³-hybridized carbons (Fsp3) is 0.600. The number of carbonyl (C=O) groups is 1. The maximum Gasteiger partial charge on any atom is 0.409 e. The summed E-state index contributed by atoms with van der Waals surface area (Å²) in [5, 5.41) is 23.9. The van der Waals surface area contributed by atoms with E-state index in [9.17, 15) is 15.0 Å². The zero-order chi connectivity index (χ0) is 32.4. The van der Waals surface area contributed by atoms with Crippen molar-refractivity contribution in [1.82, 2.24) is 4.90 Å². The standard InChI is InChI=1S/C35H50N2O8/c1-6-19-42-25-15-16-30-28(22-25)32-26(14-10-12-18-39)24(13-9-11-17-38)21-27-29(36-44-8-3)23-31(37(4)34(40)41-5)35(45-30,33(27)32)43-20-7-2/h6-7,15-16,21-22,24,26,31-33,38-39H,1-2,8-14,17-20,23H2,3-5H3/t24-,26+,31-,32+,33+,35+/m0/s1. The highest BCUT2D eigenvalue weighted by Gasteiger charge is 2.65. The number of benzene rings is 1. The quantitative estimate of drug-likeness (QED) is 0.130. The highest BCUT2D eigenvalue weighted by Crippen LogP contribution is 2.61. The van der Waals surface area contributed by atoms with Crippen molar-refractivity contribution in [2.24, 2.45) is 22.9 Å². The number of hydrogen-bond acceptors (Lipinski definition) is 9. The number of likely N-dealkylation sites (N-methyl/N-ethyl adjacent to an activating group) is 1. The minimum atomic E-state index is -1.29. The van der Waals surface area contributed by atoms with Crippen LogP contribution in [-0.4, -0.2) is 85.9 Å². The number of rotatable bonds is 17. The Labute approximate surface area is 267 Å². The van der Waals surface area contributed by atoms with Crippen molar-refractivity contribution in [2.45, 2.75) is 69.6 Å². The fourth-order valence-corrected chi connectivity index (χ4v) is 7.39. The van der Waals surface area contributed by atoms with Crippen LogP contribution in [-0.2, 0) is 14.3 Å². The SMILES string of the molecule is C=CCOc1ccc2c(c1)[C@H]1[C@H](CCCCO)[C@@H](CCCCO)C=C3C(=NOCC)C[C@H](N(C)C(=O)OC)[C@@](OCC=C)(O2)[C@H]31. The molecule has 0 radical (unpaired) electrons. The lowest BCUT2D eigenvalue weighted by molar-refractivity contribution is -0.253. The number of fused-ring (bicyclic) bond motifs is 2. The lowest BCUT2D eigenvalue weighted by atomic mass is 9.55. The Bertz CT molecular complexity index is 1230. The van der Waals surface area contributed by atoms with Gasteiger partial charge in [-0.25, -0.2) is 4.79 Å². The molecule has 0 bridgehead atoms. The lowest BCUT2D eigenvalue weighted by Crippen LogP contribution is -2.69. The van der Waals surface area contributed by atoms with E-state index in [0.717, 1.165) is 42.5 Å². The lowest BCUT2D eigenvalue weighted by Gasteiger charge is -2.59. The van der Waals surface area contributed by atoms with E-state index in [1.165, 1.54) is 7.11 Å². The third-order valence-corrected chi connectivity index (χ3v) is 9.25. The van der Waals surface area contributed by atoms with Gasteiger partial charge in [-0.2, -0.15) is 0 Å². The summed E-state index contributed by atoms with van der Waals surface area (Å²) in [5.74, 6) is -0.0799. The van der Waals surface area contributed by atoms with E-state index in [4.69, 9.17) is 23.8 Å². The normalized spacial score (nSPS) is 27.4. The first-order valence-electron chi connectivity index (χ1n) is 16.1. The second kappa shape index (κ2) is 16.3. The van der Waals surface area contributed by atoms with E-state index in [1.807, 2.05) is 19.1 Å². The number of aliphatic hydroxyl groups excluding tert-OH is 2. The Morgan fingerprint density at radius 3 is 2.53 bits per heavy atom. The molecule has 248 valence electrons. The predicted octanol–water partition coefficient (Wildman–Crippen LogP) is 5.60. The molecule has 1 amide bonds. The van der Waals surface area contributed by atoms with Gasteiger partial charge in [-0.05, 0) is 68.2 Å². The molecule has 1 fully saturated rings. The Morgan fingerprint density at radius 2 is 1.87 bits per heavy atom. The third-order valence-electron chi connectivity index (χ3n) is 9.25. The summed E-state index contributed by atoms with van der Waals surface area (Å²) in [6, 6.07) is 5.25. The van der Waals surface area contributed by atoms with Gasteiger partial charge < -0.3 is 38.9 Å². The van der Waals surface area contributed by atoms with Crippen molar-refractivity contribution in [1.29, 1.82) is 0 Å². The number of allylic oxidation sites excluding steroid dienone is 1. The summed E-state index contributed by atoms with van der Waals surface area (Å²) in [6.45, 7) is 10.8. The molecule has 6 atom stereocenters. The topological polar surface area (TPSA) is 119 Å². The minimum Gasteiger partial charge on any atom is -0.490 e. The maximum atomic E-state index is 13.1. The van der Waals surface area contributed by atoms with Crippen LogP contribution < -0.4 is 9.47 Å². The van der Waals surface area contributed by atoms with Gasteiger partial charge in [-0.3, -0.25) is 0 Å². The molecular weight excluding hydrogens is 576 g/mol. The molecule has 1 aromatic carbocycles. The third kappa shape index (κ3) is 7.23. The molecule has 1 aliphatic heterocycles. The first-order valence-corrected chi connectivity index (χ1v) is 16.1. The molecule has 0 unspecified atom stereocenters. The molecule has 3 aliphatic rings. The summed E-state index contributed by atoms with van der Waals surface area (Å²) in [6.07, 6.45) is 10.4. The number of carbonyl (C=O) groups excluding carboxylic acids is 1. The first kappa shape index (κ1) is 34.5. The van der Waals surface area contributed by atoms with E-state index < -0.39 is 17.9 Å². The van der Waals surface area contributed by atoms with Gasteiger partial charge in [0, 0.05) is 38.2 Å². The van der Waals surface area contributed by atoms with Crippen LogP contribution in [0.1, 0.15) is 63.4 Å². The van der Waals surface area contributed by atoms with Crippen molar-refractivity contribution in [2.75, 3.05) is 47.2 Å². The van der Waals surface area contributed by atoms with Gasteiger partial charge in [0.05, 0.1) is 25.3 Å². The zero-order valence-electron chi connectivity index (χ0n) is 27.0. The number of aliphatic hydroxyl groups is 2. The minimum absolute atomic E-state index is 0.107. The number of hydrogen-bond donors (Lipinski definition) is 2. The highest BCUT2D eigenvalue weighted by atomic mass is 16.7. The molecule has 2 aliphatic carbocycles. The van der Waals surface area contributed by atoms with Crippen LogP contribution in [0.2, 0.25) is 0 Å². The molecule has 2 N–H and O–H groups in total. The molecule has 1 heterocycles. The molecule has 1 saturated carbocycles. The fourth-order valence-electron chi connectivity index (χ4n) is 7.39. The van der Waals surface area contributed by atoms with Crippen molar-refractivity contribution in [3.8, 4) is 11.5 Å². The number of amides is 1. The van der Waals surface area contributed by atoms with Gasteiger partial charge in [-0.1, -0.05) is 42.8 Å². The zero-order valence-corrected chi connectivity index (χ0v) is 27.0. The Morgan fingerprint density at radius 1 is 1.13 bits per heavy atom. The number of methoxy groups -OCH3 is 1. The van der Waals surface area contributed by atoms with Crippen molar-refractivity contribution in [3.63, 3.8) is 0 Å². The van der Waals surface area contributed by atoms with Gasteiger partial charge in [0.2, 0.25) is 5.79 Å². The van der Waals surface area contributed by atoms with Crippen LogP contribution in [0.25, 0.3) is 0 Å². The number of ether oxygens (including phenoxy) is 4. The molecule has 1 aromatic rings. The number of nitrogens with zero attached hydrogens (tertiary/aromatic N) is 2. The summed E-state index contributed by atoms with van der Waals surface area (Å²) in [4.78, 5) is 20.3. The largest absolute Gasteiger partial charge is 0.490 e. The van der Waals surface area contributed by atoms with Crippen LogP contribution in [0.3, 0.4) is 0 Å². The second-order valence-corrected chi connectivity index (χ2v) is 11.9. The smallest absolute Gasteiger partial charge is 0.409 e. The monoisotopic (exact) mass is 626 g/mol. The van der Waals surface area contributed by atoms with Crippen molar-refractivity contribution < 1.29 is 38.8 Å².